The van der Waals surface area contributed by atoms with Gasteiger partial charge >= 0.3 is 0 Å². The highest BCUT2D eigenvalue weighted by Gasteiger charge is 2.65. The molecular weight excluding hydrogens is 524 g/mol. The average molecular weight is 573 g/mol. The number of allylic oxidation sites excluding steroid dienone is 3. The number of hydrogen-bond donors (Lipinski definition) is 0. The van der Waals surface area contributed by atoms with E-state index in [9.17, 15) is 4.79 Å². The molecule has 2 unspecified atom stereocenters. The van der Waals surface area contributed by atoms with Crippen molar-refractivity contribution in [2.75, 3.05) is 13.2 Å². The number of benzene rings is 1. The Hall–Kier alpha value is -1.79. The Morgan fingerprint density at radius 3 is 2.40 bits per heavy atom. The summed E-state index contributed by atoms with van der Waals surface area (Å²) in [4.78, 5) is 37.2. The fourth-order valence-corrected chi connectivity index (χ4v) is 11.3. The zero-order valence-electron chi connectivity index (χ0n) is 26.4. The first-order chi connectivity index (χ1) is 19.8. The third-order valence-corrected chi connectivity index (χ3v) is 12.9. The minimum atomic E-state index is -0.483. The maximum atomic E-state index is 13.4. The zero-order valence-corrected chi connectivity index (χ0v) is 26.4. The Kier molecular flexibility index (Phi) is 5.73. The van der Waals surface area contributed by atoms with Crippen LogP contribution < -0.4 is 0 Å². The smallest absolute Gasteiger partial charge is 0.161 e. The SMILES string of the molecule is CC1(C)COOC2(CC[C@@]34Cc5cc(C6(C)CC(C)(C)COO6)ccc5[C@H]5C[C@]6(C)C(=O)C=C[C@H]6[C@H](CC=C3C2)[C@H]54)C1. The van der Waals surface area contributed by atoms with Gasteiger partial charge < -0.3 is 0 Å². The normalized spacial score (nSPS) is 46.3. The van der Waals surface area contributed by atoms with Gasteiger partial charge in [-0.2, -0.15) is 0 Å². The Morgan fingerprint density at radius 2 is 1.64 bits per heavy atom. The lowest BCUT2D eigenvalue weighted by Crippen LogP contribution is -2.59. The minimum Gasteiger partial charge on any atom is -0.294 e. The first kappa shape index (κ1) is 27.7. The lowest BCUT2D eigenvalue weighted by Gasteiger charge is -2.64. The number of ketones is 1. The summed E-state index contributed by atoms with van der Waals surface area (Å²) < 4.78 is 0. The van der Waals surface area contributed by atoms with Gasteiger partial charge in [0.2, 0.25) is 0 Å². The second-order valence-electron chi connectivity index (χ2n) is 17.3. The molecule has 2 saturated heterocycles. The largest absolute Gasteiger partial charge is 0.294 e. The number of hydrogen-bond acceptors (Lipinski definition) is 5. The summed E-state index contributed by atoms with van der Waals surface area (Å²) in [5.41, 5.74) is 4.97. The van der Waals surface area contributed by atoms with Crippen LogP contribution in [-0.2, 0) is 36.4 Å². The Balaban J connectivity index is 1.24. The van der Waals surface area contributed by atoms with Crippen LogP contribution in [0.15, 0.2) is 42.0 Å². The molecular formula is C37H48O5. The molecule has 2 spiro atoms. The van der Waals surface area contributed by atoms with E-state index in [0.29, 0.717) is 42.7 Å². The molecule has 1 aromatic carbocycles. The van der Waals surface area contributed by atoms with Gasteiger partial charge in [0.15, 0.2) is 5.78 Å². The van der Waals surface area contributed by atoms with Crippen molar-refractivity contribution in [2.45, 2.75) is 110 Å². The summed E-state index contributed by atoms with van der Waals surface area (Å²) in [5.74, 6) is 2.08. The molecule has 4 fully saturated rings. The number of carbonyl (C=O) groups excluding carboxylic acids is 1. The molecule has 1 aromatic rings. The van der Waals surface area contributed by atoms with E-state index < -0.39 is 5.60 Å². The summed E-state index contributed by atoms with van der Waals surface area (Å²) in [7, 11) is 0. The van der Waals surface area contributed by atoms with E-state index in [0.717, 1.165) is 51.4 Å². The molecule has 0 radical (unpaired) electrons. The van der Waals surface area contributed by atoms with E-state index in [2.05, 4.69) is 71.9 Å². The van der Waals surface area contributed by atoms with E-state index in [-0.39, 0.29) is 27.3 Å². The van der Waals surface area contributed by atoms with Crippen molar-refractivity contribution in [2.24, 2.45) is 39.4 Å². The highest BCUT2D eigenvalue weighted by molar-refractivity contribution is 5.97. The van der Waals surface area contributed by atoms with Gasteiger partial charge in [-0.15, -0.1) is 0 Å². The van der Waals surface area contributed by atoms with Crippen LogP contribution in [0.25, 0.3) is 0 Å². The highest BCUT2D eigenvalue weighted by atomic mass is 17.2. The molecule has 226 valence electrons. The van der Waals surface area contributed by atoms with Gasteiger partial charge in [-0.3, -0.25) is 4.79 Å². The number of rotatable bonds is 1. The third-order valence-electron chi connectivity index (χ3n) is 12.9. The first-order valence-electron chi connectivity index (χ1n) is 16.4. The first-order valence-corrected chi connectivity index (χ1v) is 16.4. The Labute approximate surface area is 251 Å². The second-order valence-corrected chi connectivity index (χ2v) is 17.3. The predicted octanol–water partition coefficient (Wildman–Crippen LogP) is 7.93. The van der Waals surface area contributed by atoms with Gasteiger partial charge in [-0.25, -0.2) is 19.6 Å². The van der Waals surface area contributed by atoms with Crippen molar-refractivity contribution in [3.8, 4) is 0 Å². The quantitative estimate of drug-likeness (QED) is 0.253. The van der Waals surface area contributed by atoms with Crippen LogP contribution in [0.1, 0.15) is 109 Å². The molecule has 2 aliphatic heterocycles. The summed E-state index contributed by atoms with van der Waals surface area (Å²) in [6.45, 7) is 14.9. The van der Waals surface area contributed by atoms with Crippen molar-refractivity contribution in [3.05, 3.63) is 58.7 Å². The Morgan fingerprint density at radius 1 is 0.881 bits per heavy atom. The van der Waals surface area contributed by atoms with Crippen molar-refractivity contribution >= 4 is 5.78 Å². The molecule has 0 amide bonds. The van der Waals surface area contributed by atoms with Crippen molar-refractivity contribution in [1.29, 1.82) is 0 Å². The summed E-state index contributed by atoms with van der Waals surface area (Å²) in [6, 6.07) is 7.14. The molecule has 0 aromatic heterocycles. The number of carbonyl (C=O) groups is 1. The predicted molar refractivity (Wildman–Crippen MR) is 160 cm³/mol. The molecule has 5 heteroatoms. The molecule has 0 bridgehead atoms. The lowest BCUT2D eigenvalue weighted by molar-refractivity contribution is -0.409. The minimum absolute atomic E-state index is 0.0511. The van der Waals surface area contributed by atoms with Gasteiger partial charge in [0.05, 0.1) is 13.2 Å². The molecule has 8 rings (SSSR count). The monoisotopic (exact) mass is 572 g/mol. The lowest BCUT2D eigenvalue weighted by atomic mass is 9.40. The molecule has 42 heavy (non-hydrogen) atoms. The Bertz CT molecular complexity index is 1400. The topological polar surface area (TPSA) is 54.0 Å². The van der Waals surface area contributed by atoms with Crippen molar-refractivity contribution < 1.29 is 24.3 Å². The molecule has 7 aliphatic rings. The van der Waals surface area contributed by atoms with E-state index in [4.69, 9.17) is 19.6 Å². The van der Waals surface area contributed by atoms with Crippen LogP contribution in [0.2, 0.25) is 0 Å². The van der Waals surface area contributed by atoms with E-state index in [1.165, 1.54) is 16.7 Å². The van der Waals surface area contributed by atoms with Crippen LogP contribution in [0.3, 0.4) is 0 Å². The van der Waals surface area contributed by atoms with Crippen LogP contribution in [-0.4, -0.2) is 24.6 Å². The molecule has 8 atom stereocenters. The van der Waals surface area contributed by atoms with E-state index in [1.807, 2.05) is 6.08 Å². The van der Waals surface area contributed by atoms with Crippen molar-refractivity contribution in [3.63, 3.8) is 0 Å². The van der Waals surface area contributed by atoms with Crippen LogP contribution in [0.4, 0.5) is 0 Å². The summed E-state index contributed by atoms with van der Waals surface area (Å²) in [6.07, 6.45) is 14.9. The van der Waals surface area contributed by atoms with Crippen LogP contribution in [0, 0.1) is 39.4 Å². The second kappa shape index (κ2) is 8.68. The molecule has 0 N–H and O–H groups in total. The molecule has 2 saturated carbocycles. The molecule has 5 nitrogen and oxygen atoms in total. The summed E-state index contributed by atoms with van der Waals surface area (Å²) >= 11 is 0. The third kappa shape index (κ3) is 3.85. The average Bonchev–Trinajstić information content (AvgIpc) is 3.21. The summed E-state index contributed by atoms with van der Waals surface area (Å²) in [5, 5.41) is 0. The van der Waals surface area contributed by atoms with Gasteiger partial charge in [-0.05, 0) is 115 Å². The van der Waals surface area contributed by atoms with Crippen molar-refractivity contribution in [1.82, 2.24) is 0 Å². The van der Waals surface area contributed by atoms with Crippen LogP contribution >= 0.6 is 0 Å². The fourth-order valence-electron chi connectivity index (χ4n) is 11.3. The maximum absolute atomic E-state index is 13.4. The van der Waals surface area contributed by atoms with E-state index >= 15 is 0 Å². The standard InChI is InChI=1S/C37H48O5/c1-32(2)19-35(6,41-39-21-32)24-7-9-26-23(15-24)16-37-14-13-36(20-33(3,4)22-40-42-36)17-25(37)8-10-27-29-11-12-30(38)34(29,5)18-28(26)31(27)37/h7-9,11-12,15,27-29,31H,10,13-14,16-22H2,1-6H3/t27-,28+,29-,31+,34-,35?,36?,37+/m0/s1. The number of fused-ring (bicyclic) bond motifs is 4. The zero-order chi connectivity index (χ0) is 29.3. The fraction of sp³-hybridized carbons (Fsp3) is 0.703. The highest BCUT2D eigenvalue weighted by Crippen LogP contribution is 2.71. The van der Waals surface area contributed by atoms with Gasteiger partial charge in [0.1, 0.15) is 11.2 Å². The maximum Gasteiger partial charge on any atom is 0.161 e. The van der Waals surface area contributed by atoms with Gasteiger partial charge in [-0.1, -0.05) is 70.5 Å². The van der Waals surface area contributed by atoms with E-state index in [1.54, 1.807) is 5.57 Å². The van der Waals surface area contributed by atoms with Gasteiger partial charge in [0.25, 0.3) is 0 Å². The van der Waals surface area contributed by atoms with Crippen LogP contribution in [0.5, 0.6) is 0 Å². The molecule has 5 aliphatic carbocycles. The molecule has 2 heterocycles. The van der Waals surface area contributed by atoms with Gasteiger partial charge in [0, 0.05) is 11.8 Å².